The molecule has 98 valence electrons. The van der Waals surface area contributed by atoms with Crippen LogP contribution >= 0.6 is 12.2 Å². The zero-order valence-electron chi connectivity index (χ0n) is 10.6. The van der Waals surface area contributed by atoms with Gasteiger partial charge < -0.3 is 16.4 Å². The molecule has 0 aliphatic heterocycles. The lowest BCUT2D eigenvalue weighted by Gasteiger charge is -2.09. The lowest BCUT2D eigenvalue weighted by Crippen LogP contribution is -2.31. The molecule has 0 spiro atoms. The summed E-state index contributed by atoms with van der Waals surface area (Å²) >= 11 is 4.83. The van der Waals surface area contributed by atoms with Crippen molar-refractivity contribution < 1.29 is 4.79 Å². The lowest BCUT2D eigenvalue weighted by molar-refractivity contribution is -0.121. The molecule has 1 aromatic heterocycles. The topological polar surface area (TPSA) is 80.0 Å². The van der Waals surface area contributed by atoms with Crippen LogP contribution in [0.3, 0.4) is 0 Å². The highest BCUT2D eigenvalue weighted by atomic mass is 32.1. The second kappa shape index (κ2) is 6.90. The second-order valence-electron chi connectivity index (χ2n) is 4.20. The first-order chi connectivity index (χ1) is 8.49. The van der Waals surface area contributed by atoms with Crippen molar-refractivity contribution >= 4 is 28.9 Å². The Hall–Kier alpha value is -1.69. The number of anilines is 1. The Morgan fingerprint density at radius 3 is 2.72 bits per heavy atom. The van der Waals surface area contributed by atoms with Crippen LogP contribution in [0.2, 0.25) is 0 Å². The molecule has 1 rings (SSSR count). The summed E-state index contributed by atoms with van der Waals surface area (Å²) in [6.07, 6.45) is 2.02. The van der Waals surface area contributed by atoms with Gasteiger partial charge >= 0.3 is 0 Å². The molecular weight excluding hydrogens is 248 g/mol. The Morgan fingerprint density at radius 2 is 2.22 bits per heavy atom. The molecule has 5 nitrogen and oxygen atoms in total. The molecule has 0 unspecified atom stereocenters. The van der Waals surface area contributed by atoms with Crippen LogP contribution in [0.15, 0.2) is 18.3 Å². The van der Waals surface area contributed by atoms with E-state index >= 15 is 0 Å². The van der Waals surface area contributed by atoms with Crippen LogP contribution < -0.4 is 16.4 Å². The molecule has 0 fully saturated rings. The third kappa shape index (κ3) is 5.09. The zero-order valence-corrected chi connectivity index (χ0v) is 11.4. The largest absolute Gasteiger partial charge is 0.389 e. The quantitative estimate of drug-likeness (QED) is 0.670. The van der Waals surface area contributed by atoms with E-state index in [0.717, 1.165) is 5.56 Å². The van der Waals surface area contributed by atoms with Crippen molar-refractivity contribution in [2.75, 3.05) is 11.9 Å². The number of hydrogen-bond acceptors (Lipinski definition) is 4. The highest BCUT2D eigenvalue weighted by molar-refractivity contribution is 7.80. The fraction of sp³-hybridized carbons (Fsp3) is 0.417. The molecule has 0 bridgehead atoms. The molecule has 0 atom stereocenters. The first kappa shape index (κ1) is 14.4. The number of rotatable bonds is 6. The van der Waals surface area contributed by atoms with E-state index in [0.29, 0.717) is 23.8 Å². The van der Waals surface area contributed by atoms with E-state index in [1.165, 1.54) is 0 Å². The average Bonchev–Trinajstić information content (AvgIpc) is 2.28. The van der Waals surface area contributed by atoms with Crippen LogP contribution in [0.1, 0.15) is 25.8 Å². The third-order valence-electron chi connectivity index (χ3n) is 2.16. The van der Waals surface area contributed by atoms with Gasteiger partial charge in [-0.05, 0) is 26.0 Å². The van der Waals surface area contributed by atoms with E-state index in [4.69, 9.17) is 18.0 Å². The molecule has 4 N–H and O–H groups in total. The number of amides is 1. The van der Waals surface area contributed by atoms with Gasteiger partial charge in [0, 0.05) is 30.8 Å². The monoisotopic (exact) mass is 266 g/mol. The summed E-state index contributed by atoms with van der Waals surface area (Å²) in [7, 11) is 0. The number of hydrogen-bond donors (Lipinski definition) is 3. The summed E-state index contributed by atoms with van der Waals surface area (Å²) in [5.74, 6) is 0.726. The molecule has 0 saturated heterocycles. The van der Waals surface area contributed by atoms with Crippen molar-refractivity contribution in [3.63, 3.8) is 0 Å². The highest BCUT2D eigenvalue weighted by Gasteiger charge is 2.03. The maximum Gasteiger partial charge on any atom is 0.221 e. The van der Waals surface area contributed by atoms with E-state index in [9.17, 15) is 4.79 Å². The molecule has 0 saturated carbocycles. The Bertz CT molecular complexity index is 417. The SMILES string of the molecule is CC(C)NC(=O)CCNc1ccc(C(N)=S)cn1. The highest BCUT2D eigenvalue weighted by Crippen LogP contribution is 2.04. The minimum absolute atomic E-state index is 0.0252. The van der Waals surface area contributed by atoms with Crippen LogP contribution in [-0.2, 0) is 4.79 Å². The summed E-state index contributed by atoms with van der Waals surface area (Å²) < 4.78 is 0. The average molecular weight is 266 g/mol. The number of carbonyl (C=O) groups is 1. The van der Waals surface area contributed by atoms with Gasteiger partial charge in [-0.25, -0.2) is 4.98 Å². The predicted molar refractivity (Wildman–Crippen MR) is 76.5 cm³/mol. The summed E-state index contributed by atoms with van der Waals surface area (Å²) in [5.41, 5.74) is 6.20. The van der Waals surface area contributed by atoms with Crippen molar-refractivity contribution in [1.82, 2.24) is 10.3 Å². The number of nitrogens with one attached hydrogen (secondary N) is 2. The van der Waals surface area contributed by atoms with Gasteiger partial charge in [-0.1, -0.05) is 12.2 Å². The minimum Gasteiger partial charge on any atom is -0.389 e. The van der Waals surface area contributed by atoms with E-state index in [1.54, 1.807) is 18.3 Å². The van der Waals surface area contributed by atoms with Crippen LogP contribution in [0.25, 0.3) is 0 Å². The van der Waals surface area contributed by atoms with Gasteiger partial charge in [-0.2, -0.15) is 0 Å². The molecule has 0 aromatic carbocycles. The van der Waals surface area contributed by atoms with Gasteiger partial charge in [0.25, 0.3) is 0 Å². The van der Waals surface area contributed by atoms with Crippen LogP contribution in [-0.4, -0.2) is 28.5 Å². The molecule has 0 aliphatic carbocycles. The number of nitrogens with two attached hydrogens (primary N) is 1. The molecule has 6 heteroatoms. The summed E-state index contributed by atoms with van der Waals surface area (Å²) in [6.45, 7) is 4.40. The maximum atomic E-state index is 11.4. The van der Waals surface area contributed by atoms with Gasteiger partial charge in [0.2, 0.25) is 5.91 Å². The molecule has 1 heterocycles. The number of thiocarbonyl (C=S) groups is 1. The summed E-state index contributed by atoms with van der Waals surface area (Å²) in [6, 6.07) is 3.75. The van der Waals surface area contributed by atoms with Gasteiger partial charge in [0.1, 0.15) is 10.8 Å². The van der Waals surface area contributed by atoms with Gasteiger partial charge in [-0.15, -0.1) is 0 Å². The molecule has 0 radical (unpaired) electrons. The number of aromatic nitrogens is 1. The summed E-state index contributed by atoms with van der Waals surface area (Å²) in [5, 5.41) is 5.88. The fourth-order valence-corrected chi connectivity index (χ4v) is 1.46. The van der Waals surface area contributed by atoms with Crippen LogP contribution in [0.4, 0.5) is 5.82 Å². The molecule has 18 heavy (non-hydrogen) atoms. The van der Waals surface area contributed by atoms with Crippen molar-refractivity contribution in [2.45, 2.75) is 26.3 Å². The van der Waals surface area contributed by atoms with Gasteiger partial charge in [-0.3, -0.25) is 4.79 Å². The Balaban J connectivity index is 2.35. The second-order valence-corrected chi connectivity index (χ2v) is 4.64. The van der Waals surface area contributed by atoms with E-state index in [2.05, 4.69) is 15.6 Å². The normalized spacial score (nSPS) is 10.2. The molecule has 1 aromatic rings. The van der Waals surface area contributed by atoms with E-state index < -0.39 is 0 Å². The molecular formula is C12H18N4OS. The number of nitrogens with zero attached hydrogens (tertiary/aromatic N) is 1. The first-order valence-electron chi connectivity index (χ1n) is 5.78. The Labute approximate surface area is 112 Å². The van der Waals surface area contributed by atoms with Crippen molar-refractivity contribution in [3.8, 4) is 0 Å². The standard InChI is InChI=1S/C12H18N4OS/c1-8(2)16-11(17)5-6-14-10-4-3-9(7-15-10)12(13)18/h3-4,7-8H,5-6H2,1-2H3,(H2,13,18)(H,14,15)(H,16,17). The van der Waals surface area contributed by atoms with Crippen LogP contribution in [0.5, 0.6) is 0 Å². The maximum absolute atomic E-state index is 11.4. The van der Waals surface area contributed by atoms with Crippen molar-refractivity contribution in [2.24, 2.45) is 5.73 Å². The number of pyridine rings is 1. The zero-order chi connectivity index (χ0) is 13.5. The minimum atomic E-state index is 0.0252. The third-order valence-corrected chi connectivity index (χ3v) is 2.39. The summed E-state index contributed by atoms with van der Waals surface area (Å²) in [4.78, 5) is 15.9. The van der Waals surface area contributed by atoms with Crippen molar-refractivity contribution in [3.05, 3.63) is 23.9 Å². The smallest absolute Gasteiger partial charge is 0.221 e. The first-order valence-corrected chi connectivity index (χ1v) is 6.19. The molecule has 0 aliphatic rings. The Morgan fingerprint density at radius 1 is 1.50 bits per heavy atom. The van der Waals surface area contributed by atoms with Crippen LogP contribution in [0, 0.1) is 0 Å². The molecule has 1 amide bonds. The van der Waals surface area contributed by atoms with Crippen molar-refractivity contribution in [1.29, 1.82) is 0 Å². The van der Waals surface area contributed by atoms with Gasteiger partial charge in [0.05, 0.1) is 0 Å². The predicted octanol–water partition coefficient (Wildman–Crippen LogP) is 1.04. The van der Waals surface area contributed by atoms with E-state index in [1.807, 2.05) is 13.8 Å². The lowest BCUT2D eigenvalue weighted by atomic mass is 10.3. The van der Waals surface area contributed by atoms with E-state index in [-0.39, 0.29) is 11.9 Å². The Kier molecular flexibility index (Phi) is 5.51. The van der Waals surface area contributed by atoms with Gasteiger partial charge in [0.15, 0.2) is 0 Å². The number of carbonyl (C=O) groups excluding carboxylic acids is 1. The fourth-order valence-electron chi connectivity index (χ4n) is 1.34.